The third kappa shape index (κ3) is 5.05. The van der Waals surface area contributed by atoms with Crippen LogP contribution in [0.25, 0.3) is 6.08 Å². The summed E-state index contributed by atoms with van der Waals surface area (Å²) >= 11 is 0. The third-order valence-corrected chi connectivity index (χ3v) is 3.28. The molecule has 24 heavy (non-hydrogen) atoms. The van der Waals surface area contributed by atoms with Crippen molar-refractivity contribution in [2.24, 2.45) is 0 Å². The Kier molecular flexibility index (Phi) is 6.25. The molecule has 0 aliphatic carbocycles. The van der Waals surface area contributed by atoms with Crippen LogP contribution in [0.2, 0.25) is 0 Å². The van der Waals surface area contributed by atoms with Crippen LogP contribution in [0.3, 0.4) is 0 Å². The van der Waals surface area contributed by atoms with Gasteiger partial charge < -0.3 is 9.64 Å². The number of rotatable bonds is 6. The Hall–Kier alpha value is -2.95. The van der Waals surface area contributed by atoms with E-state index >= 15 is 0 Å². The van der Waals surface area contributed by atoms with Crippen molar-refractivity contribution in [1.29, 1.82) is 0 Å². The zero-order valence-corrected chi connectivity index (χ0v) is 13.3. The lowest BCUT2D eigenvalue weighted by atomic mass is 10.2. The summed E-state index contributed by atoms with van der Waals surface area (Å²) in [6, 6.07) is 15.0. The van der Waals surface area contributed by atoms with E-state index in [0.717, 1.165) is 5.69 Å². The topological polar surface area (TPSA) is 46.6 Å². The van der Waals surface area contributed by atoms with Gasteiger partial charge in [0.05, 0.1) is 0 Å². The summed E-state index contributed by atoms with van der Waals surface area (Å²) in [5.41, 5.74) is 1.29. The molecule has 2 rings (SSSR count). The highest BCUT2D eigenvalue weighted by molar-refractivity contribution is 5.96. The molecular formula is C19H18FNO3. The van der Waals surface area contributed by atoms with Crippen molar-refractivity contribution in [1.82, 2.24) is 0 Å². The maximum atomic E-state index is 13.0. The average molecular weight is 327 g/mol. The van der Waals surface area contributed by atoms with Crippen molar-refractivity contribution >= 4 is 23.6 Å². The molecule has 4 nitrogen and oxygen atoms in total. The molecule has 0 aliphatic heterocycles. The van der Waals surface area contributed by atoms with Crippen molar-refractivity contribution < 1.29 is 18.7 Å². The molecule has 0 bridgehead atoms. The van der Waals surface area contributed by atoms with Gasteiger partial charge >= 0.3 is 5.97 Å². The standard InChI is InChI=1S/C19H18FNO3/c1-2-21(17-9-4-3-5-10-17)18(22)14-24-19(23)12-11-15-7-6-8-16(20)13-15/h3-13H,2,14H2,1H3/b12-11+. The number of amides is 1. The molecule has 124 valence electrons. The van der Waals surface area contributed by atoms with Crippen molar-refractivity contribution in [2.75, 3.05) is 18.1 Å². The van der Waals surface area contributed by atoms with E-state index in [1.807, 2.05) is 37.3 Å². The predicted octanol–water partition coefficient (Wildman–Crippen LogP) is 3.44. The van der Waals surface area contributed by atoms with Crippen molar-refractivity contribution in [3.8, 4) is 0 Å². The number of hydrogen-bond donors (Lipinski definition) is 0. The number of para-hydroxylation sites is 1. The molecule has 0 atom stereocenters. The first-order valence-electron chi connectivity index (χ1n) is 7.56. The number of carbonyl (C=O) groups is 2. The van der Waals surface area contributed by atoms with E-state index in [-0.39, 0.29) is 18.3 Å². The van der Waals surface area contributed by atoms with E-state index in [1.54, 1.807) is 12.1 Å². The van der Waals surface area contributed by atoms with Crippen LogP contribution in [-0.4, -0.2) is 25.0 Å². The molecule has 1 amide bonds. The van der Waals surface area contributed by atoms with Gasteiger partial charge in [-0.1, -0.05) is 30.3 Å². The summed E-state index contributed by atoms with van der Waals surface area (Å²) in [6.45, 7) is 1.96. The van der Waals surface area contributed by atoms with Gasteiger partial charge in [-0.2, -0.15) is 0 Å². The lowest BCUT2D eigenvalue weighted by Gasteiger charge is -2.20. The molecule has 0 N–H and O–H groups in total. The van der Waals surface area contributed by atoms with E-state index in [1.165, 1.54) is 29.2 Å². The first-order valence-corrected chi connectivity index (χ1v) is 7.56. The van der Waals surface area contributed by atoms with Crippen LogP contribution >= 0.6 is 0 Å². The monoisotopic (exact) mass is 327 g/mol. The van der Waals surface area contributed by atoms with Gasteiger partial charge in [0.25, 0.3) is 5.91 Å². The van der Waals surface area contributed by atoms with Gasteiger partial charge in [0, 0.05) is 18.3 Å². The molecule has 5 heteroatoms. The van der Waals surface area contributed by atoms with Gasteiger partial charge in [0.1, 0.15) is 5.82 Å². The zero-order valence-electron chi connectivity index (χ0n) is 13.3. The summed E-state index contributed by atoms with van der Waals surface area (Å²) < 4.78 is 18.0. The Morgan fingerprint density at radius 1 is 1.12 bits per heavy atom. The van der Waals surface area contributed by atoms with Gasteiger partial charge in [-0.05, 0) is 42.8 Å². The van der Waals surface area contributed by atoms with E-state index in [9.17, 15) is 14.0 Å². The Bertz CT molecular complexity index is 728. The van der Waals surface area contributed by atoms with E-state index in [2.05, 4.69) is 0 Å². The summed E-state index contributed by atoms with van der Waals surface area (Å²) in [7, 11) is 0. The number of nitrogens with zero attached hydrogens (tertiary/aromatic N) is 1. The quantitative estimate of drug-likeness (QED) is 0.603. The molecule has 2 aromatic carbocycles. The minimum Gasteiger partial charge on any atom is -0.452 e. The third-order valence-electron chi connectivity index (χ3n) is 3.28. The lowest BCUT2D eigenvalue weighted by molar-refractivity contribution is -0.142. The maximum absolute atomic E-state index is 13.0. The first kappa shape index (κ1) is 17.4. The second-order valence-corrected chi connectivity index (χ2v) is 4.97. The van der Waals surface area contributed by atoms with Gasteiger partial charge in [0.15, 0.2) is 6.61 Å². The van der Waals surface area contributed by atoms with Gasteiger partial charge in [-0.3, -0.25) is 4.79 Å². The van der Waals surface area contributed by atoms with Crippen molar-refractivity contribution in [3.05, 3.63) is 72.1 Å². The van der Waals surface area contributed by atoms with Crippen LogP contribution in [0.15, 0.2) is 60.7 Å². The number of benzene rings is 2. The summed E-state index contributed by atoms with van der Waals surface area (Å²) in [4.78, 5) is 25.4. The Labute approximate surface area is 140 Å². The zero-order chi connectivity index (χ0) is 17.4. The number of likely N-dealkylation sites (N-methyl/N-ethyl adjacent to an activating group) is 1. The Morgan fingerprint density at radius 2 is 1.88 bits per heavy atom. The van der Waals surface area contributed by atoms with Gasteiger partial charge in [-0.25, -0.2) is 9.18 Å². The van der Waals surface area contributed by atoms with E-state index in [4.69, 9.17) is 4.74 Å². The molecule has 0 aromatic heterocycles. The Morgan fingerprint density at radius 3 is 2.54 bits per heavy atom. The van der Waals surface area contributed by atoms with Crippen molar-refractivity contribution in [2.45, 2.75) is 6.92 Å². The fourth-order valence-corrected chi connectivity index (χ4v) is 2.14. The fraction of sp³-hybridized carbons (Fsp3) is 0.158. The number of esters is 1. The molecule has 0 aliphatic rings. The summed E-state index contributed by atoms with van der Waals surface area (Å²) in [5, 5.41) is 0. The van der Waals surface area contributed by atoms with Crippen LogP contribution in [0, 0.1) is 5.82 Å². The number of anilines is 1. The average Bonchev–Trinajstić information content (AvgIpc) is 2.60. The minimum absolute atomic E-state index is 0.309. The van der Waals surface area contributed by atoms with Crippen LogP contribution in [0.4, 0.5) is 10.1 Å². The smallest absolute Gasteiger partial charge is 0.331 e. The largest absolute Gasteiger partial charge is 0.452 e. The molecule has 0 spiro atoms. The highest BCUT2D eigenvalue weighted by atomic mass is 19.1. The van der Waals surface area contributed by atoms with Crippen LogP contribution in [0.1, 0.15) is 12.5 Å². The van der Waals surface area contributed by atoms with Gasteiger partial charge in [-0.15, -0.1) is 0 Å². The fourth-order valence-electron chi connectivity index (χ4n) is 2.14. The number of hydrogen-bond acceptors (Lipinski definition) is 3. The van der Waals surface area contributed by atoms with Crippen LogP contribution < -0.4 is 4.90 Å². The lowest BCUT2D eigenvalue weighted by Crippen LogP contribution is -2.34. The molecule has 2 aromatic rings. The van der Waals surface area contributed by atoms with E-state index < -0.39 is 5.97 Å². The van der Waals surface area contributed by atoms with Crippen LogP contribution in [0.5, 0.6) is 0 Å². The molecule has 0 fully saturated rings. The van der Waals surface area contributed by atoms with Crippen molar-refractivity contribution in [3.63, 3.8) is 0 Å². The normalized spacial score (nSPS) is 10.6. The maximum Gasteiger partial charge on any atom is 0.331 e. The van der Waals surface area contributed by atoms with Crippen LogP contribution in [-0.2, 0) is 14.3 Å². The highest BCUT2D eigenvalue weighted by Crippen LogP contribution is 2.13. The second-order valence-electron chi connectivity index (χ2n) is 4.97. The number of halogens is 1. The minimum atomic E-state index is -0.656. The molecular weight excluding hydrogens is 309 g/mol. The molecule has 0 radical (unpaired) electrons. The molecule has 0 saturated carbocycles. The van der Waals surface area contributed by atoms with E-state index in [0.29, 0.717) is 12.1 Å². The predicted molar refractivity (Wildman–Crippen MR) is 90.9 cm³/mol. The second kappa shape index (κ2) is 8.62. The van der Waals surface area contributed by atoms with Gasteiger partial charge in [0.2, 0.25) is 0 Å². The molecule has 0 heterocycles. The number of ether oxygens (including phenoxy) is 1. The Balaban J connectivity index is 1.89. The molecule has 0 saturated heterocycles. The summed E-state index contributed by atoms with van der Waals surface area (Å²) in [5.74, 6) is -1.35. The first-order chi connectivity index (χ1) is 11.6. The SMILES string of the molecule is CCN(C(=O)COC(=O)/C=C/c1cccc(F)c1)c1ccccc1. The number of carbonyl (C=O) groups excluding carboxylic acids is 2. The summed E-state index contributed by atoms with van der Waals surface area (Å²) in [6.07, 6.45) is 2.60. The molecule has 0 unspecified atom stereocenters. The highest BCUT2D eigenvalue weighted by Gasteiger charge is 2.14.